The third kappa shape index (κ3) is 4.24. The number of carbonyl (C=O) groups excluding carboxylic acids is 2. The van der Waals surface area contributed by atoms with Gasteiger partial charge in [0.1, 0.15) is 0 Å². The van der Waals surface area contributed by atoms with Gasteiger partial charge in [-0.1, -0.05) is 12.2 Å². The Hall–Kier alpha value is -1.85. The van der Waals surface area contributed by atoms with Gasteiger partial charge in [-0.15, -0.1) is 0 Å². The van der Waals surface area contributed by atoms with Crippen molar-refractivity contribution in [3.63, 3.8) is 0 Å². The van der Waals surface area contributed by atoms with Crippen molar-refractivity contribution in [2.45, 2.75) is 13.3 Å². The summed E-state index contributed by atoms with van der Waals surface area (Å²) in [6.07, 6.45) is -1.56. The highest BCUT2D eigenvalue weighted by Crippen LogP contribution is 2.17. The Morgan fingerprint density at radius 2 is 1.93 bits per heavy atom. The van der Waals surface area contributed by atoms with E-state index < -0.39 is 6.16 Å². The number of rotatable bonds is 1. The Morgan fingerprint density at radius 1 is 1.50 bits per heavy atom. The maximum Gasteiger partial charge on any atom is 0.503 e. The Balaban J connectivity index is 0.000000364. The van der Waals surface area contributed by atoms with E-state index >= 15 is 0 Å². The van der Waals surface area contributed by atoms with Crippen molar-refractivity contribution in [3.8, 4) is 0 Å². The number of carboxylic acid groups (broad SMARTS) is 2. The second kappa shape index (κ2) is 5.00. The first-order chi connectivity index (χ1) is 6.34. The van der Waals surface area contributed by atoms with Gasteiger partial charge in [-0.05, 0) is 6.92 Å². The van der Waals surface area contributed by atoms with Crippen molar-refractivity contribution in [1.82, 2.24) is 5.32 Å². The molecular weight excluding hydrogens is 190 g/mol. The average Bonchev–Trinajstić information content (AvgIpc) is 2.28. The summed E-state index contributed by atoms with van der Waals surface area (Å²) >= 11 is 0. The van der Waals surface area contributed by atoms with Crippen LogP contribution in [-0.4, -0.2) is 28.2 Å². The molecule has 14 heavy (non-hydrogen) atoms. The van der Waals surface area contributed by atoms with Crippen LogP contribution in [0.1, 0.15) is 13.3 Å². The van der Waals surface area contributed by atoms with Crippen molar-refractivity contribution >= 4 is 18.0 Å². The maximum absolute atomic E-state index is 10.8. The quantitative estimate of drug-likeness (QED) is 0.422. The van der Waals surface area contributed by atoms with Crippen molar-refractivity contribution in [1.29, 1.82) is 0 Å². The summed E-state index contributed by atoms with van der Waals surface area (Å²) in [5.74, 6) is -0.692. The van der Waals surface area contributed by atoms with Crippen LogP contribution in [0.5, 0.6) is 0 Å². The third-order valence-electron chi connectivity index (χ3n) is 1.56. The van der Waals surface area contributed by atoms with E-state index in [0.717, 1.165) is 5.57 Å². The number of carbonyl (C=O) groups is 3. The molecule has 3 N–H and O–H groups in total. The SMILES string of the molecule is C=C(C)C1CC(=O)NC1=O.O=C(O)O. The van der Waals surface area contributed by atoms with Crippen molar-refractivity contribution < 1.29 is 24.6 Å². The summed E-state index contributed by atoms with van der Waals surface area (Å²) in [6, 6.07) is 0. The minimum atomic E-state index is -1.83. The van der Waals surface area contributed by atoms with Gasteiger partial charge in [0.25, 0.3) is 0 Å². The van der Waals surface area contributed by atoms with Gasteiger partial charge in [-0.3, -0.25) is 14.9 Å². The fraction of sp³-hybridized carbons (Fsp3) is 0.375. The van der Waals surface area contributed by atoms with Gasteiger partial charge in [-0.25, -0.2) is 4.79 Å². The van der Waals surface area contributed by atoms with Crippen molar-refractivity contribution in [2.75, 3.05) is 0 Å². The molecule has 6 nitrogen and oxygen atoms in total. The number of hydrogen-bond acceptors (Lipinski definition) is 3. The summed E-state index contributed by atoms with van der Waals surface area (Å²) < 4.78 is 0. The Morgan fingerprint density at radius 3 is 2.07 bits per heavy atom. The molecule has 1 aliphatic heterocycles. The first-order valence-electron chi connectivity index (χ1n) is 3.75. The van der Waals surface area contributed by atoms with Crippen LogP contribution in [0.15, 0.2) is 12.2 Å². The van der Waals surface area contributed by atoms with Crippen LogP contribution in [0.25, 0.3) is 0 Å². The molecule has 1 fully saturated rings. The minimum absolute atomic E-state index is 0.196. The largest absolute Gasteiger partial charge is 0.503 e. The number of imide groups is 1. The number of nitrogens with one attached hydrogen (secondary N) is 1. The van der Waals surface area contributed by atoms with Gasteiger partial charge in [0.15, 0.2) is 0 Å². The van der Waals surface area contributed by atoms with E-state index in [1.807, 2.05) is 0 Å². The molecule has 1 atom stereocenters. The maximum atomic E-state index is 10.8. The van der Waals surface area contributed by atoms with Crippen molar-refractivity contribution in [2.24, 2.45) is 5.92 Å². The fourth-order valence-corrected chi connectivity index (χ4v) is 0.952. The molecule has 2 amide bonds. The van der Waals surface area contributed by atoms with Gasteiger partial charge in [0.05, 0.1) is 5.92 Å². The van der Waals surface area contributed by atoms with E-state index in [1.165, 1.54) is 0 Å². The zero-order valence-corrected chi connectivity index (χ0v) is 7.61. The highest BCUT2D eigenvalue weighted by atomic mass is 16.6. The second-order valence-electron chi connectivity index (χ2n) is 2.80. The second-order valence-corrected chi connectivity index (χ2v) is 2.80. The fourth-order valence-electron chi connectivity index (χ4n) is 0.952. The first kappa shape index (κ1) is 12.2. The first-order valence-corrected chi connectivity index (χ1v) is 3.75. The zero-order valence-electron chi connectivity index (χ0n) is 7.61. The molecule has 0 aliphatic carbocycles. The van der Waals surface area contributed by atoms with Crippen LogP contribution in [0.4, 0.5) is 4.79 Å². The summed E-state index contributed by atoms with van der Waals surface area (Å²) in [5.41, 5.74) is 0.753. The van der Waals surface area contributed by atoms with E-state index in [-0.39, 0.29) is 24.2 Å². The van der Waals surface area contributed by atoms with Gasteiger partial charge >= 0.3 is 6.16 Å². The zero-order chi connectivity index (χ0) is 11.3. The van der Waals surface area contributed by atoms with Crippen molar-refractivity contribution in [3.05, 3.63) is 12.2 Å². The van der Waals surface area contributed by atoms with E-state index in [4.69, 9.17) is 15.0 Å². The molecule has 1 unspecified atom stereocenters. The van der Waals surface area contributed by atoms with Crippen LogP contribution in [0.3, 0.4) is 0 Å². The molecule has 1 aliphatic rings. The lowest BCUT2D eigenvalue weighted by atomic mass is 10.0. The molecule has 1 heterocycles. The van der Waals surface area contributed by atoms with Gasteiger partial charge in [0, 0.05) is 6.42 Å². The molecule has 0 saturated carbocycles. The minimum Gasteiger partial charge on any atom is -0.450 e. The summed E-state index contributed by atoms with van der Waals surface area (Å²) in [4.78, 5) is 30.0. The molecule has 0 aromatic carbocycles. The molecule has 0 aromatic heterocycles. The molecule has 1 saturated heterocycles. The summed E-state index contributed by atoms with van der Waals surface area (Å²) in [7, 11) is 0. The average molecular weight is 201 g/mol. The Kier molecular flexibility index (Phi) is 4.34. The lowest BCUT2D eigenvalue weighted by Gasteiger charge is -2.01. The topological polar surface area (TPSA) is 104 Å². The molecule has 0 spiro atoms. The Labute approximate surface area is 80.2 Å². The number of hydrogen-bond donors (Lipinski definition) is 3. The van der Waals surface area contributed by atoms with E-state index in [1.54, 1.807) is 6.92 Å². The Bertz CT molecular complexity index is 279. The summed E-state index contributed by atoms with van der Waals surface area (Å²) in [5, 5.41) is 16.2. The van der Waals surface area contributed by atoms with Crippen LogP contribution >= 0.6 is 0 Å². The predicted octanol–water partition coefficient (Wildman–Crippen LogP) is 0.448. The van der Waals surface area contributed by atoms with E-state index in [2.05, 4.69) is 11.9 Å². The molecule has 1 rings (SSSR count). The smallest absolute Gasteiger partial charge is 0.450 e. The van der Waals surface area contributed by atoms with E-state index in [0.29, 0.717) is 0 Å². The normalized spacial score (nSPS) is 19.4. The number of amides is 2. The van der Waals surface area contributed by atoms with Gasteiger partial charge in [0.2, 0.25) is 11.8 Å². The van der Waals surface area contributed by atoms with Gasteiger partial charge < -0.3 is 10.2 Å². The van der Waals surface area contributed by atoms with Gasteiger partial charge in [-0.2, -0.15) is 0 Å². The molecule has 78 valence electrons. The molecule has 0 aromatic rings. The molecule has 0 radical (unpaired) electrons. The lowest BCUT2D eigenvalue weighted by Crippen LogP contribution is -2.22. The van der Waals surface area contributed by atoms with Crippen LogP contribution in [0, 0.1) is 5.92 Å². The van der Waals surface area contributed by atoms with Crippen LogP contribution < -0.4 is 5.32 Å². The standard InChI is InChI=1S/C7H9NO2.CH2O3/c1-4(2)5-3-6(9)8-7(5)10;2-1(3)4/h5H,1,3H2,2H3,(H,8,9,10);(H2,2,3,4). The molecule has 6 heteroatoms. The molecular formula is C8H11NO5. The highest BCUT2D eigenvalue weighted by Gasteiger charge is 2.30. The van der Waals surface area contributed by atoms with Crippen LogP contribution in [0.2, 0.25) is 0 Å². The predicted molar refractivity (Wildman–Crippen MR) is 46.7 cm³/mol. The molecule has 0 bridgehead atoms. The third-order valence-corrected chi connectivity index (χ3v) is 1.56. The summed E-state index contributed by atoms with van der Waals surface area (Å²) in [6.45, 7) is 5.36. The van der Waals surface area contributed by atoms with E-state index in [9.17, 15) is 9.59 Å². The monoisotopic (exact) mass is 201 g/mol. The lowest BCUT2D eigenvalue weighted by molar-refractivity contribution is -0.125. The highest BCUT2D eigenvalue weighted by molar-refractivity contribution is 6.04. The van der Waals surface area contributed by atoms with Crippen LogP contribution in [-0.2, 0) is 9.59 Å².